The molecule has 1 aromatic carbocycles. The molecular formula is C15H9F2NO5S. The Labute approximate surface area is 136 Å². The molecule has 0 fully saturated rings. The van der Waals surface area contributed by atoms with Gasteiger partial charge in [0.1, 0.15) is 17.0 Å². The average molecular weight is 353 g/mol. The van der Waals surface area contributed by atoms with Crippen LogP contribution >= 0.6 is 11.3 Å². The van der Waals surface area contributed by atoms with Crippen LogP contribution in [-0.2, 0) is 11.3 Å². The molecular weight excluding hydrogens is 344 g/mol. The van der Waals surface area contributed by atoms with Gasteiger partial charge in [-0.2, -0.15) is 4.39 Å². The lowest BCUT2D eigenvalue weighted by Crippen LogP contribution is -2.20. The van der Waals surface area contributed by atoms with Crippen molar-refractivity contribution in [3.63, 3.8) is 0 Å². The summed E-state index contributed by atoms with van der Waals surface area (Å²) in [4.78, 5) is 24.6. The number of halogens is 2. The van der Waals surface area contributed by atoms with Gasteiger partial charge in [-0.05, 0) is 13.0 Å². The first kappa shape index (κ1) is 14.9. The van der Waals surface area contributed by atoms with Crippen molar-refractivity contribution in [2.24, 2.45) is 0 Å². The minimum atomic E-state index is -1.21. The Morgan fingerprint density at radius 2 is 2.25 bits per heavy atom. The smallest absolute Gasteiger partial charge is 0.482 e. The third-order valence-electron chi connectivity index (χ3n) is 3.63. The molecule has 6 nitrogen and oxygen atoms in total. The van der Waals surface area contributed by atoms with Crippen LogP contribution in [0.1, 0.15) is 12.6 Å². The Hall–Kier alpha value is -2.68. The topological polar surface area (TPSA) is 66.2 Å². The normalized spacial score (nSPS) is 12.6. The lowest BCUT2D eigenvalue weighted by atomic mass is 10.1. The lowest BCUT2D eigenvalue weighted by Gasteiger charge is -2.19. The maximum absolute atomic E-state index is 14.0. The fraction of sp³-hybridized carbons (Fsp3) is 0.200. The summed E-state index contributed by atoms with van der Waals surface area (Å²) in [6.07, 6.45) is -1.04. The van der Waals surface area contributed by atoms with Crippen molar-refractivity contribution in [2.45, 2.75) is 13.5 Å². The molecule has 0 spiro atoms. The average Bonchev–Trinajstić information content (AvgIpc) is 2.98. The zero-order valence-corrected chi connectivity index (χ0v) is 13.0. The van der Waals surface area contributed by atoms with E-state index < -0.39 is 23.2 Å². The largest absolute Gasteiger partial charge is 0.514 e. The molecule has 4 rings (SSSR count). The zero-order valence-electron chi connectivity index (χ0n) is 12.2. The van der Waals surface area contributed by atoms with Crippen LogP contribution in [0.5, 0.6) is 11.5 Å². The fourth-order valence-corrected chi connectivity index (χ4v) is 3.64. The van der Waals surface area contributed by atoms with E-state index in [2.05, 4.69) is 4.74 Å². The molecule has 0 aliphatic carbocycles. The molecule has 3 heterocycles. The van der Waals surface area contributed by atoms with E-state index in [1.807, 2.05) is 0 Å². The van der Waals surface area contributed by atoms with E-state index in [-0.39, 0.29) is 35.6 Å². The summed E-state index contributed by atoms with van der Waals surface area (Å²) in [6, 6.07) is 0.775. The Kier molecular flexibility index (Phi) is 3.20. The quantitative estimate of drug-likeness (QED) is 0.662. The van der Waals surface area contributed by atoms with Gasteiger partial charge >= 0.3 is 6.16 Å². The molecule has 0 amide bonds. The van der Waals surface area contributed by atoms with Crippen molar-refractivity contribution < 1.29 is 27.8 Å². The molecule has 0 unspecified atom stereocenters. The van der Waals surface area contributed by atoms with E-state index in [4.69, 9.17) is 9.47 Å². The maximum Gasteiger partial charge on any atom is 0.514 e. The number of aromatic nitrogens is 1. The zero-order chi connectivity index (χ0) is 17.0. The summed E-state index contributed by atoms with van der Waals surface area (Å²) < 4.78 is 44.3. The number of carbonyl (C=O) groups excluding carboxylic acids is 1. The van der Waals surface area contributed by atoms with Crippen molar-refractivity contribution in [3.8, 4) is 11.5 Å². The number of rotatable bonds is 2. The van der Waals surface area contributed by atoms with E-state index in [0.29, 0.717) is 10.5 Å². The third-order valence-corrected chi connectivity index (χ3v) is 4.61. The molecule has 24 heavy (non-hydrogen) atoms. The highest BCUT2D eigenvalue weighted by Gasteiger charge is 2.28. The number of nitrogens with zero attached hydrogens (tertiary/aromatic N) is 1. The van der Waals surface area contributed by atoms with Gasteiger partial charge in [-0.3, -0.25) is 9.20 Å². The number of carbonyl (C=O) groups is 1. The van der Waals surface area contributed by atoms with E-state index in [1.54, 1.807) is 12.3 Å². The minimum absolute atomic E-state index is 0.00416. The summed E-state index contributed by atoms with van der Waals surface area (Å²) in [5.41, 5.74) is 0.0110. The second-order valence-electron chi connectivity index (χ2n) is 5.00. The van der Waals surface area contributed by atoms with Gasteiger partial charge in [0.15, 0.2) is 11.6 Å². The first-order chi connectivity index (χ1) is 11.5. The third kappa shape index (κ3) is 1.91. The van der Waals surface area contributed by atoms with Crippen LogP contribution in [0.4, 0.5) is 13.6 Å². The number of thiazole rings is 1. The Morgan fingerprint density at radius 3 is 3.00 bits per heavy atom. The van der Waals surface area contributed by atoms with E-state index in [9.17, 15) is 18.4 Å². The standard InChI is InChI=1S/C15H9F2NO5S/c1-2-21-15(20)23-13-11(19)7-3-8(16)9(17)12-10(7)18-6(4-22-12)5-24-14(13)18/h3,5H,2,4H2,1H3. The second-order valence-corrected chi connectivity index (χ2v) is 5.86. The van der Waals surface area contributed by atoms with Crippen LogP contribution in [-0.4, -0.2) is 17.2 Å². The molecule has 1 aliphatic rings. The number of hydrogen-bond acceptors (Lipinski definition) is 6. The Balaban J connectivity index is 2.12. The minimum Gasteiger partial charge on any atom is -0.482 e. The van der Waals surface area contributed by atoms with Crippen molar-refractivity contribution in [3.05, 3.63) is 39.0 Å². The number of pyridine rings is 1. The van der Waals surface area contributed by atoms with Crippen LogP contribution in [0.25, 0.3) is 15.7 Å². The molecule has 9 heteroatoms. The van der Waals surface area contributed by atoms with Gasteiger partial charge in [-0.25, -0.2) is 9.18 Å². The highest BCUT2D eigenvalue weighted by molar-refractivity contribution is 7.16. The number of ether oxygens (including phenoxy) is 3. The van der Waals surface area contributed by atoms with Gasteiger partial charge in [-0.15, -0.1) is 11.3 Å². The predicted molar refractivity (Wildman–Crippen MR) is 80.9 cm³/mol. The van der Waals surface area contributed by atoms with Gasteiger partial charge in [0.25, 0.3) is 0 Å². The highest BCUT2D eigenvalue weighted by atomic mass is 32.1. The van der Waals surface area contributed by atoms with Crippen LogP contribution in [0.15, 0.2) is 16.2 Å². The van der Waals surface area contributed by atoms with Gasteiger partial charge in [0, 0.05) is 5.38 Å². The van der Waals surface area contributed by atoms with Crippen molar-refractivity contribution in [1.29, 1.82) is 0 Å². The summed E-state index contributed by atoms with van der Waals surface area (Å²) >= 11 is 1.13. The first-order valence-corrected chi connectivity index (χ1v) is 7.85. The Morgan fingerprint density at radius 1 is 1.46 bits per heavy atom. The number of benzene rings is 1. The van der Waals surface area contributed by atoms with Crippen LogP contribution in [0, 0.1) is 11.6 Å². The van der Waals surface area contributed by atoms with Gasteiger partial charge < -0.3 is 14.2 Å². The van der Waals surface area contributed by atoms with Crippen molar-refractivity contribution >= 4 is 33.2 Å². The SMILES string of the molecule is CCOC(=O)Oc1c(=O)c2cc(F)c(F)c3c2n2c(csc12)CO3. The van der Waals surface area contributed by atoms with Crippen molar-refractivity contribution in [2.75, 3.05) is 6.61 Å². The summed E-state index contributed by atoms with van der Waals surface area (Å²) in [6.45, 7) is 1.67. The second kappa shape index (κ2) is 5.17. The lowest BCUT2D eigenvalue weighted by molar-refractivity contribution is 0.104. The number of hydrogen-bond donors (Lipinski definition) is 0. The van der Waals surface area contributed by atoms with E-state index in [1.165, 1.54) is 4.40 Å². The van der Waals surface area contributed by atoms with Crippen LogP contribution < -0.4 is 14.9 Å². The van der Waals surface area contributed by atoms with E-state index >= 15 is 0 Å². The Bertz CT molecular complexity index is 1070. The fourth-order valence-electron chi connectivity index (χ4n) is 2.66. The molecule has 2 aromatic heterocycles. The molecule has 0 saturated carbocycles. The maximum atomic E-state index is 14.0. The molecule has 3 aromatic rings. The van der Waals surface area contributed by atoms with Gasteiger partial charge in [-0.1, -0.05) is 0 Å². The van der Waals surface area contributed by atoms with Crippen LogP contribution in [0.2, 0.25) is 0 Å². The molecule has 0 N–H and O–H groups in total. The van der Waals surface area contributed by atoms with Crippen molar-refractivity contribution in [1.82, 2.24) is 4.40 Å². The molecule has 0 saturated heterocycles. The highest BCUT2D eigenvalue weighted by Crippen LogP contribution is 2.39. The first-order valence-electron chi connectivity index (χ1n) is 6.97. The van der Waals surface area contributed by atoms with Gasteiger partial charge in [0.05, 0.1) is 17.7 Å². The molecule has 1 aliphatic heterocycles. The summed E-state index contributed by atoms with van der Waals surface area (Å²) in [5.74, 6) is -2.98. The predicted octanol–water partition coefficient (Wildman–Crippen LogP) is 3.22. The molecule has 124 valence electrons. The molecule has 0 atom stereocenters. The molecule has 0 radical (unpaired) electrons. The summed E-state index contributed by atoms with van der Waals surface area (Å²) in [5, 5.41) is 1.55. The monoisotopic (exact) mass is 353 g/mol. The molecule has 0 bridgehead atoms. The summed E-state index contributed by atoms with van der Waals surface area (Å²) in [7, 11) is 0. The van der Waals surface area contributed by atoms with Crippen LogP contribution in [0.3, 0.4) is 0 Å². The van der Waals surface area contributed by atoms with Gasteiger partial charge in [0.2, 0.25) is 17.0 Å². The van der Waals surface area contributed by atoms with E-state index in [0.717, 1.165) is 17.4 Å².